The van der Waals surface area contributed by atoms with Gasteiger partial charge in [0.2, 0.25) is 0 Å². The molecule has 0 saturated heterocycles. The fourth-order valence-electron chi connectivity index (χ4n) is 1.40. The van der Waals surface area contributed by atoms with E-state index in [9.17, 15) is 0 Å². The second kappa shape index (κ2) is 11.2. The van der Waals surface area contributed by atoms with Gasteiger partial charge in [-0.15, -0.1) is 0 Å². The normalized spacial score (nSPS) is 12.3. The third-order valence-corrected chi connectivity index (χ3v) is 6.18. The van der Waals surface area contributed by atoms with Crippen molar-refractivity contribution in [3.05, 3.63) is 0 Å². The van der Waals surface area contributed by atoms with Crippen LogP contribution in [0.15, 0.2) is 0 Å². The third kappa shape index (κ3) is 12.8. The van der Waals surface area contributed by atoms with Gasteiger partial charge in [0, 0.05) is 21.3 Å². The molecule has 0 N–H and O–H groups in total. The molecule has 0 unspecified atom stereocenters. The van der Waals surface area contributed by atoms with Crippen molar-refractivity contribution in [1.82, 2.24) is 0 Å². The highest BCUT2D eigenvalue weighted by Crippen LogP contribution is 2.12. The SMILES string of the molecule is CCCCOC(OCCCC)[Si]CC[Si](C)(C)C. The molecular formula is C14H32O2Si2. The van der Waals surface area contributed by atoms with Crippen LogP contribution in [0, 0.1) is 0 Å². The molecule has 0 aromatic rings. The molecule has 0 aliphatic heterocycles. The topological polar surface area (TPSA) is 18.5 Å². The summed E-state index contributed by atoms with van der Waals surface area (Å²) >= 11 is 0. The van der Waals surface area contributed by atoms with Gasteiger partial charge in [0.1, 0.15) is 15.4 Å². The van der Waals surface area contributed by atoms with Crippen LogP contribution in [-0.4, -0.2) is 36.7 Å². The Bertz CT molecular complexity index is 171. The van der Waals surface area contributed by atoms with Crippen molar-refractivity contribution < 1.29 is 9.47 Å². The van der Waals surface area contributed by atoms with Crippen LogP contribution < -0.4 is 0 Å². The first-order chi connectivity index (χ1) is 8.49. The summed E-state index contributed by atoms with van der Waals surface area (Å²) in [5.74, 6) is 0.0689. The van der Waals surface area contributed by atoms with Gasteiger partial charge >= 0.3 is 0 Å². The summed E-state index contributed by atoms with van der Waals surface area (Å²) in [6.45, 7) is 13.4. The smallest absolute Gasteiger partial charge is 0.137 e. The lowest BCUT2D eigenvalue weighted by Gasteiger charge is -2.20. The lowest BCUT2D eigenvalue weighted by molar-refractivity contribution is -0.0920. The van der Waals surface area contributed by atoms with Gasteiger partial charge < -0.3 is 9.47 Å². The van der Waals surface area contributed by atoms with Crippen molar-refractivity contribution in [2.24, 2.45) is 0 Å². The minimum absolute atomic E-state index is 0.0689. The van der Waals surface area contributed by atoms with E-state index in [-0.39, 0.29) is 5.91 Å². The first-order valence-corrected chi connectivity index (χ1v) is 12.5. The molecular weight excluding hydrogens is 256 g/mol. The number of hydrogen-bond donors (Lipinski definition) is 0. The van der Waals surface area contributed by atoms with E-state index < -0.39 is 8.07 Å². The predicted molar refractivity (Wildman–Crippen MR) is 84.2 cm³/mol. The first kappa shape index (κ1) is 18.4. The second-order valence-corrected chi connectivity index (χ2v) is 13.0. The van der Waals surface area contributed by atoms with E-state index in [1.807, 2.05) is 0 Å². The summed E-state index contributed by atoms with van der Waals surface area (Å²) in [4.78, 5) is 0. The highest BCUT2D eigenvalue weighted by molar-refractivity contribution is 6.76. The van der Waals surface area contributed by atoms with Crippen LogP contribution >= 0.6 is 0 Å². The number of rotatable bonds is 12. The maximum Gasteiger partial charge on any atom is 0.137 e. The van der Waals surface area contributed by atoms with Crippen molar-refractivity contribution in [1.29, 1.82) is 0 Å². The summed E-state index contributed by atoms with van der Waals surface area (Å²) in [5.41, 5.74) is 0. The van der Waals surface area contributed by atoms with Gasteiger partial charge in [-0.25, -0.2) is 0 Å². The van der Waals surface area contributed by atoms with Gasteiger partial charge in [0.15, 0.2) is 0 Å². The van der Waals surface area contributed by atoms with Crippen molar-refractivity contribution in [2.75, 3.05) is 13.2 Å². The maximum absolute atomic E-state index is 5.85. The Balaban J connectivity index is 3.80. The molecule has 0 aliphatic carbocycles. The average Bonchev–Trinajstić information content (AvgIpc) is 2.27. The lowest BCUT2D eigenvalue weighted by Crippen LogP contribution is -2.28. The molecule has 0 amide bonds. The molecule has 0 aromatic heterocycles. The minimum Gasteiger partial charge on any atom is -0.357 e. The van der Waals surface area contributed by atoms with Crippen molar-refractivity contribution >= 4 is 17.6 Å². The zero-order valence-corrected chi connectivity index (χ0v) is 15.1. The molecule has 0 fully saturated rings. The maximum atomic E-state index is 5.85. The Morgan fingerprint density at radius 1 is 0.944 bits per heavy atom. The monoisotopic (exact) mass is 288 g/mol. The molecule has 0 rings (SSSR count). The standard InChI is InChI=1S/C14H32O2Si2/c1-6-8-10-15-14(16-11-9-7-2)17-12-13-18(3,4)5/h14H,6-13H2,1-5H3. The van der Waals surface area contributed by atoms with Gasteiger partial charge in [-0.05, 0) is 12.8 Å². The van der Waals surface area contributed by atoms with Crippen LogP contribution in [-0.2, 0) is 9.47 Å². The first-order valence-electron chi connectivity index (χ1n) is 7.46. The molecule has 0 bridgehead atoms. The molecule has 0 saturated carbocycles. The van der Waals surface area contributed by atoms with Gasteiger partial charge in [-0.3, -0.25) is 0 Å². The lowest BCUT2D eigenvalue weighted by atomic mass is 10.4. The Morgan fingerprint density at radius 2 is 1.44 bits per heavy atom. The van der Waals surface area contributed by atoms with E-state index in [1.165, 1.54) is 24.9 Å². The Hall–Kier alpha value is 0.354. The molecule has 2 nitrogen and oxygen atoms in total. The predicted octanol–water partition coefficient (Wildman–Crippen LogP) is 4.36. The number of hydrogen-bond acceptors (Lipinski definition) is 2. The van der Waals surface area contributed by atoms with Crippen molar-refractivity contribution in [3.63, 3.8) is 0 Å². The van der Waals surface area contributed by atoms with Crippen LogP contribution in [0.25, 0.3) is 0 Å². The van der Waals surface area contributed by atoms with Crippen LogP contribution in [0.2, 0.25) is 31.7 Å². The van der Waals surface area contributed by atoms with E-state index in [2.05, 4.69) is 33.5 Å². The van der Waals surface area contributed by atoms with E-state index in [4.69, 9.17) is 9.47 Å². The highest BCUT2D eigenvalue weighted by atomic mass is 28.3. The summed E-state index contributed by atoms with van der Waals surface area (Å²) in [6, 6.07) is 2.66. The molecule has 18 heavy (non-hydrogen) atoms. The number of ether oxygens (including phenoxy) is 2. The van der Waals surface area contributed by atoms with Crippen LogP contribution in [0.1, 0.15) is 39.5 Å². The van der Waals surface area contributed by atoms with Gasteiger partial charge in [0.25, 0.3) is 0 Å². The zero-order chi connectivity index (χ0) is 13.9. The minimum atomic E-state index is -0.904. The average molecular weight is 289 g/mol. The molecule has 0 heterocycles. The molecule has 0 aromatic carbocycles. The van der Waals surface area contributed by atoms with Crippen LogP contribution in [0.5, 0.6) is 0 Å². The molecule has 4 heteroatoms. The molecule has 0 aliphatic rings. The van der Waals surface area contributed by atoms with Gasteiger partial charge in [-0.1, -0.05) is 58.4 Å². The quantitative estimate of drug-likeness (QED) is 0.302. The summed E-state index contributed by atoms with van der Waals surface area (Å²) in [7, 11) is -0.0948. The van der Waals surface area contributed by atoms with Gasteiger partial charge in [-0.2, -0.15) is 0 Å². The fourth-order valence-corrected chi connectivity index (χ4v) is 5.68. The Morgan fingerprint density at radius 3 is 1.83 bits per heavy atom. The van der Waals surface area contributed by atoms with Crippen molar-refractivity contribution in [2.45, 2.75) is 77.2 Å². The molecule has 108 valence electrons. The summed E-state index contributed by atoms with van der Waals surface area (Å²) in [5, 5.41) is 0. The van der Waals surface area contributed by atoms with Crippen LogP contribution in [0.4, 0.5) is 0 Å². The Labute approximate surface area is 118 Å². The van der Waals surface area contributed by atoms with Crippen LogP contribution in [0.3, 0.4) is 0 Å². The second-order valence-electron chi connectivity index (χ2n) is 6.05. The molecule has 0 atom stereocenters. The highest BCUT2D eigenvalue weighted by Gasteiger charge is 2.16. The van der Waals surface area contributed by atoms with E-state index in [0.29, 0.717) is 0 Å². The summed E-state index contributed by atoms with van der Waals surface area (Å²) < 4.78 is 11.7. The molecule has 2 radical (unpaired) electrons. The Kier molecular flexibility index (Phi) is 11.4. The molecule has 0 spiro atoms. The fraction of sp³-hybridized carbons (Fsp3) is 1.00. The third-order valence-electron chi connectivity index (χ3n) is 2.72. The van der Waals surface area contributed by atoms with Crippen molar-refractivity contribution in [3.8, 4) is 0 Å². The van der Waals surface area contributed by atoms with E-state index >= 15 is 0 Å². The van der Waals surface area contributed by atoms with E-state index in [1.54, 1.807) is 0 Å². The van der Waals surface area contributed by atoms with Gasteiger partial charge in [0.05, 0.1) is 0 Å². The zero-order valence-electron chi connectivity index (χ0n) is 13.1. The summed E-state index contributed by atoms with van der Waals surface area (Å²) in [6.07, 6.45) is 4.68. The number of unbranched alkanes of at least 4 members (excludes halogenated alkanes) is 2. The largest absolute Gasteiger partial charge is 0.357 e. The van der Waals surface area contributed by atoms with E-state index in [0.717, 1.165) is 35.6 Å².